The molecule has 1 aliphatic heterocycles. The van der Waals surface area contributed by atoms with Crippen LogP contribution in [0.2, 0.25) is 0 Å². The first kappa shape index (κ1) is 17.6. The van der Waals surface area contributed by atoms with Gasteiger partial charge in [-0.05, 0) is 56.0 Å². The Balaban J connectivity index is 1.74. The van der Waals surface area contributed by atoms with E-state index in [4.69, 9.17) is 4.74 Å². The molecule has 4 nitrogen and oxygen atoms in total. The number of likely N-dealkylation sites (tertiary alicyclic amines) is 1. The molecule has 1 amide bonds. The monoisotopic (exact) mass is 340 g/mol. The SMILES string of the molecule is Cc1ccc(C)c(OCC(=O)N2CCCCC[C@@H]2c2cccn2C)c1. The van der Waals surface area contributed by atoms with Gasteiger partial charge in [-0.2, -0.15) is 0 Å². The Morgan fingerprint density at radius 1 is 1.20 bits per heavy atom. The Bertz CT molecular complexity index is 735. The Morgan fingerprint density at radius 3 is 2.80 bits per heavy atom. The van der Waals surface area contributed by atoms with Gasteiger partial charge in [-0.15, -0.1) is 0 Å². The van der Waals surface area contributed by atoms with Gasteiger partial charge in [0.25, 0.3) is 5.91 Å². The van der Waals surface area contributed by atoms with Crippen LogP contribution in [-0.2, 0) is 11.8 Å². The summed E-state index contributed by atoms with van der Waals surface area (Å²) in [5, 5.41) is 0. The van der Waals surface area contributed by atoms with Crippen molar-refractivity contribution in [1.82, 2.24) is 9.47 Å². The highest BCUT2D eigenvalue weighted by Gasteiger charge is 2.28. The molecule has 4 heteroatoms. The summed E-state index contributed by atoms with van der Waals surface area (Å²) in [6, 6.07) is 10.4. The van der Waals surface area contributed by atoms with Crippen molar-refractivity contribution in [2.45, 2.75) is 45.6 Å². The zero-order valence-electron chi connectivity index (χ0n) is 15.5. The standard InChI is InChI=1S/C21H28N2O2/c1-16-10-11-17(2)20(14-16)25-15-21(24)23-13-6-4-5-8-19(23)18-9-7-12-22(18)3/h7,9-12,14,19H,4-6,8,13,15H2,1-3H3/t19-/m1/s1. The van der Waals surface area contributed by atoms with Crippen molar-refractivity contribution >= 4 is 5.91 Å². The number of aryl methyl sites for hydroxylation is 3. The highest BCUT2D eigenvalue weighted by atomic mass is 16.5. The lowest BCUT2D eigenvalue weighted by Crippen LogP contribution is -2.38. The molecular formula is C21H28N2O2. The average Bonchev–Trinajstić information content (AvgIpc) is 2.87. The van der Waals surface area contributed by atoms with Gasteiger partial charge in [0.1, 0.15) is 5.75 Å². The third kappa shape index (κ3) is 4.06. The average molecular weight is 340 g/mol. The van der Waals surface area contributed by atoms with Crippen molar-refractivity contribution in [3.05, 3.63) is 53.3 Å². The van der Waals surface area contributed by atoms with Crippen LogP contribution >= 0.6 is 0 Å². The molecule has 0 spiro atoms. The van der Waals surface area contributed by atoms with Gasteiger partial charge in [-0.25, -0.2) is 0 Å². The lowest BCUT2D eigenvalue weighted by molar-refractivity contribution is -0.136. The molecule has 25 heavy (non-hydrogen) atoms. The molecule has 134 valence electrons. The predicted octanol–water partition coefficient (Wildman–Crippen LogP) is 4.16. The minimum absolute atomic E-state index is 0.0778. The second kappa shape index (κ2) is 7.77. The molecule has 2 aromatic rings. The van der Waals surface area contributed by atoms with Crippen LogP contribution in [-0.4, -0.2) is 28.5 Å². The number of ether oxygens (including phenoxy) is 1. The number of rotatable bonds is 4. The van der Waals surface area contributed by atoms with E-state index in [2.05, 4.69) is 36.0 Å². The number of hydrogen-bond donors (Lipinski definition) is 0. The van der Waals surface area contributed by atoms with Gasteiger partial charge in [-0.3, -0.25) is 4.79 Å². The molecule has 1 fully saturated rings. The maximum absolute atomic E-state index is 12.9. The third-order valence-electron chi connectivity index (χ3n) is 5.09. The van der Waals surface area contributed by atoms with Gasteiger partial charge in [0, 0.05) is 25.5 Å². The Hall–Kier alpha value is -2.23. The Labute approximate surface area is 150 Å². The summed E-state index contributed by atoms with van der Waals surface area (Å²) in [6.07, 6.45) is 6.48. The molecule has 2 heterocycles. The van der Waals surface area contributed by atoms with Gasteiger partial charge >= 0.3 is 0 Å². The van der Waals surface area contributed by atoms with Gasteiger partial charge in [0.05, 0.1) is 6.04 Å². The fraction of sp³-hybridized carbons (Fsp3) is 0.476. The molecule has 1 saturated heterocycles. The molecule has 1 atom stereocenters. The summed E-state index contributed by atoms with van der Waals surface area (Å²) >= 11 is 0. The lowest BCUT2D eigenvalue weighted by Gasteiger charge is -2.30. The number of nitrogens with zero attached hydrogens (tertiary/aromatic N) is 2. The minimum Gasteiger partial charge on any atom is -0.483 e. The molecule has 1 aliphatic rings. The first-order chi connectivity index (χ1) is 12.1. The molecule has 0 saturated carbocycles. The quantitative estimate of drug-likeness (QED) is 0.837. The van der Waals surface area contributed by atoms with Crippen molar-refractivity contribution in [3.8, 4) is 5.75 Å². The van der Waals surface area contributed by atoms with Gasteiger partial charge < -0.3 is 14.2 Å². The summed E-state index contributed by atoms with van der Waals surface area (Å²) in [5.41, 5.74) is 3.42. The molecular weight excluding hydrogens is 312 g/mol. The van der Waals surface area contributed by atoms with E-state index in [0.717, 1.165) is 42.7 Å². The largest absolute Gasteiger partial charge is 0.483 e. The van der Waals surface area contributed by atoms with Crippen LogP contribution in [0.15, 0.2) is 36.5 Å². The normalized spacial score (nSPS) is 18.0. The summed E-state index contributed by atoms with van der Waals surface area (Å²) in [7, 11) is 2.05. The van der Waals surface area contributed by atoms with E-state index in [0.29, 0.717) is 0 Å². The number of carbonyl (C=O) groups excluding carboxylic acids is 1. The number of aromatic nitrogens is 1. The first-order valence-electron chi connectivity index (χ1n) is 9.17. The summed E-state index contributed by atoms with van der Waals surface area (Å²) < 4.78 is 8.00. The van der Waals surface area contributed by atoms with E-state index < -0.39 is 0 Å². The zero-order chi connectivity index (χ0) is 17.8. The van der Waals surface area contributed by atoms with E-state index >= 15 is 0 Å². The van der Waals surface area contributed by atoms with Crippen molar-refractivity contribution < 1.29 is 9.53 Å². The van der Waals surface area contributed by atoms with Crippen LogP contribution in [0.1, 0.15) is 48.5 Å². The van der Waals surface area contributed by atoms with E-state index in [9.17, 15) is 4.79 Å². The molecule has 0 aliphatic carbocycles. The second-order valence-electron chi connectivity index (χ2n) is 7.05. The Morgan fingerprint density at radius 2 is 2.04 bits per heavy atom. The van der Waals surface area contributed by atoms with Gasteiger partial charge in [0.2, 0.25) is 0 Å². The van der Waals surface area contributed by atoms with Crippen LogP contribution in [0.25, 0.3) is 0 Å². The van der Waals surface area contributed by atoms with E-state index in [1.165, 1.54) is 12.1 Å². The number of hydrogen-bond acceptors (Lipinski definition) is 2. The van der Waals surface area contributed by atoms with Crippen molar-refractivity contribution in [2.75, 3.05) is 13.2 Å². The van der Waals surface area contributed by atoms with Crippen molar-refractivity contribution in [3.63, 3.8) is 0 Å². The number of benzene rings is 1. The Kier molecular flexibility index (Phi) is 5.47. The predicted molar refractivity (Wildman–Crippen MR) is 99.7 cm³/mol. The van der Waals surface area contributed by atoms with E-state index in [1.54, 1.807) is 0 Å². The maximum atomic E-state index is 12.9. The molecule has 1 aromatic heterocycles. The summed E-state index contributed by atoms with van der Waals surface area (Å²) in [6.45, 7) is 4.96. The maximum Gasteiger partial charge on any atom is 0.261 e. The number of amides is 1. The van der Waals surface area contributed by atoms with Crippen LogP contribution in [0.5, 0.6) is 5.75 Å². The van der Waals surface area contributed by atoms with E-state index in [1.807, 2.05) is 30.9 Å². The molecule has 0 N–H and O–H groups in total. The molecule has 0 unspecified atom stereocenters. The van der Waals surface area contributed by atoms with Crippen molar-refractivity contribution in [2.24, 2.45) is 7.05 Å². The summed E-state index contributed by atoms with van der Waals surface area (Å²) in [4.78, 5) is 15.0. The zero-order valence-corrected chi connectivity index (χ0v) is 15.5. The van der Waals surface area contributed by atoms with Crippen LogP contribution in [0.4, 0.5) is 0 Å². The number of carbonyl (C=O) groups is 1. The second-order valence-corrected chi connectivity index (χ2v) is 7.05. The highest BCUT2D eigenvalue weighted by Crippen LogP contribution is 2.30. The van der Waals surface area contributed by atoms with Crippen LogP contribution < -0.4 is 4.74 Å². The fourth-order valence-electron chi connectivity index (χ4n) is 3.62. The molecule has 0 bridgehead atoms. The molecule has 1 aromatic carbocycles. The van der Waals surface area contributed by atoms with Crippen LogP contribution in [0.3, 0.4) is 0 Å². The highest BCUT2D eigenvalue weighted by molar-refractivity contribution is 5.78. The van der Waals surface area contributed by atoms with Crippen LogP contribution in [0, 0.1) is 13.8 Å². The van der Waals surface area contributed by atoms with Gasteiger partial charge in [0.15, 0.2) is 6.61 Å². The van der Waals surface area contributed by atoms with Gasteiger partial charge in [-0.1, -0.05) is 25.0 Å². The lowest BCUT2D eigenvalue weighted by atomic mass is 10.1. The topological polar surface area (TPSA) is 34.5 Å². The smallest absolute Gasteiger partial charge is 0.261 e. The fourth-order valence-corrected chi connectivity index (χ4v) is 3.62. The molecule has 0 radical (unpaired) electrons. The van der Waals surface area contributed by atoms with E-state index in [-0.39, 0.29) is 18.6 Å². The summed E-state index contributed by atoms with van der Waals surface area (Å²) in [5.74, 6) is 0.882. The minimum atomic E-state index is 0.0778. The third-order valence-corrected chi connectivity index (χ3v) is 5.09. The molecule has 3 rings (SSSR count). The first-order valence-corrected chi connectivity index (χ1v) is 9.17. The van der Waals surface area contributed by atoms with Crippen molar-refractivity contribution in [1.29, 1.82) is 0 Å².